The van der Waals surface area contributed by atoms with Crippen LogP contribution in [-0.4, -0.2) is 94.1 Å². The van der Waals surface area contributed by atoms with E-state index in [1.807, 2.05) is 24.0 Å². The molecule has 0 aliphatic carbocycles. The number of ether oxygens (including phenoxy) is 1. The van der Waals surface area contributed by atoms with Gasteiger partial charge < -0.3 is 19.8 Å². The van der Waals surface area contributed by atoms with Crippen molar-refractivity contribution in [2.24, 2.45) is 5.92 Å². The maximum Gasteiger partial charge on any atom is 0.490 e. The molecule has 2 N–H and O–H groups in total. The zero-order valence-electron chi connectivity index (χ0n) is 20.4. The fraction of sp³-hybridized carbons (Fsp3) is 0.478. The van der Waals surface area contributed by atoms with Crippen LogP contribution in [0.5, 0.6) is 0 Å². The Morgan fingerprint density at radius 3 is 2.13 bits per heavy atom. The molecule has 9 nitrogen and oxygen atoms in total. The summed E-state index contributed by atoms with van der Waals surface area (Å²) >= 11 is 1.80. The van der Waals surface area contributed by atoms with Crippen molar-refractivity contribution < 1.29 is 55.7 Å². The average Bonchev–Trinajstić information content (AvgIpc) is 3.45. The van der Waals surface area contributed by atoms with Crippen molar-refractivity contribution in [2.75, 3.05) is 32.8 Å². The molecule has 39 heavy (non-hydrogen) atoms. The second kappa shape index (κ2) is 13.7. The Balaban J connectivity index is 0.000000317. The van der Waals surface area contributed by atoms with Gasteiger partial charge in [0, 0.05) is 55.4 Å². The van der Waals surface area contributed by atoms with Gasteiger partial charge in [0.05, 0.1) is 18.3 Å². The number of fused-ring (bicyclic) bond motifs is 1. The number of carboxylic acids is 2. The minimum atomic E-state index is -5.08. The SMILES string of the molecule is Cc1ccc(C(=O)N2C[C@@H]3CN(Cc4cccs4)CCO[C@@H]3C2)cn1.O=C(O)C(F)(F)F.O=C(O)C(F)(F)F. The van der Waals surface area contributed by atoms with Crippen molar-refractivity contribution in [3.8, 4) is 0 Å². The summed E-state index contributed by atoms with van der Waals surface area (Å²) in [5.74, 6) is -5.07. The van der Waals surface area contributed by atoms with Gasteiger partial charge in [-0.2, -0.15) is 26.3 Å². The number of aromatic nitrogens is 1. The number of carbonyl (C=O) groups excluding carboxylic acids is 1. The summed E-state index contributed by atoms with van der Waals surface area (Å²) < 4.78 is 69.5. The summed E-state index contributed by atoms with van der Waals surface area (Å²) in [7, 11) is 0. The van der Waals surface area contributed by atoms with E-state index in [-0.39, 0.29) is 12.0 Å². The molecular weight excluding hydrogens is 560 g/mol. The summed E-state index contributed by atoms with van der Waals surface area (Å²) in [5, 5.41) is 16.4. The molecule has 2 aromatic rings. The van der Waals surface area contributed by atoms with Gasteiger partial charge in [-0.05, 0) is 30.5 Å². The van der Waals surface area contributed by atoms with Gasteiger partial charge in [0.1, 0.15) is 0 Å². The zero-order valence-corrected chi connectivity index (χ0v) is 21.2. The molecule has 2 aliphatic heterocycles. The van der Waals surface area contributed by atoms with E-state index < -0.39 is 24.3 Å². The van der Waals surface area contributed by atoms with Crippen LogP contribution in [-0.2, 0) is 20.9 Å². The van der Waals surface area contributed by atoms with Crippen LogP contribution in [0.25, 0.3) is 0 Å². The van der Waals surface area contributed by atoms with Crippen molar-refractivity contribution in [2.45, 2.75) is 31.9 Å². The number of pyridine rings is 1. The van der Waals surface area contributed by atoms with Crippen LogP contribution < -0.4 is 0 Å². The summed E-state index contributed by atoms with van der Waals surface area (Å²) in [6.07, 6.45) is -8.34. The van der Waals surface area contributed by atoms with E-state index in [2.05, 4.69) is 27.4 Å². The van der Waals surface area contributed by atoms with Gasteiger partial charge in [-0.15, -0.1) is 11.3 Å². The van der Waals surface area contributed by atoms with Gasteiger partial charge in [-0.25, -0.2) is 9.59 Å². The molecule has 2 fully saturated rings. The van der Waals surface area contributed by atoms with Crippen LogP contribution in [0.3, 0.4) is 0 Å². The predicted molar refractivity (Wildman–Crippen MR) is 125 cm³/mol. The lowest BCUT2D eigenvalue weighted by Crippen LogP contribution is -2.33. The van der Waals surface area contributed by atoms with Crippen molar-refractivity contribution in [3.05, 3.63) is 52.0 Å². The van der Waals surface area contributed by atoms with Crippen LogP contribution in [0.15, 0.2) is 35.8 Å². The molecule has 216 valence electrons. The Kier molecular flexibility index (Phi) is 11.2. The number of amides is 1. The smallest absolute Gasteiger partial charge is 0.475 e. The second-order valence-electron chi connectivity index (χ2n) is 8.49. The monoisotopic (exact) mass is 585 g/mol. The Hall–Kier alpha value is -3.24. The highest BCUT2D eigenvalue weighted by Crippen LogP contribution is 2.26. The van der Waals surface area contributed by atoms with Crippen molar-refractivity contribution in [1.29, 1.82) is 0 Å². The molecule has 4 rings (SSSR count). The molecule has 0 spiro atoms. The molecule has 2 aromatic heterocycles. The Bertz CT molecular complexity index is 1070. The van der Waals surface area contributed by atoms with Crippen molar-refractivity contribution in [3.63, 3.8) is 0 Å². The Labute approximate surface area is 222 Å². The zero-order chi connectivity index (χ0) is 29.4. The molecule has 4 heterocycles. The van der Waals surface area contributed by atoms with Crippen LogP contribution in [0.2, 0.25) is 0 Å². The third-order valence-corrected chi connectivity index (χ3v) is 6.36. The molecular formula is C23H25F6N3O6S. The maximum atomic E-state index is 12.7. The van der Waals surface area contributed by atoms with Crippen LogP contribution in [0, 0.1) is 12.8 Å². The molecule has 2 atom stereocenters. The first-order valence-electron chi connectivity index (χ1n) is 11.3. The number of hydrogen-bond donors (Lipinski definition) is 2. The van der Waals surface area contributed by atoms with E-state index in [1.54, 1.807) is 17.5 Å². The van der Waals surface area contributed by atoms with E-state index in [4.69, 9.17) is 24.5 Å². The number of hydrogen-bond acceptors (Lipinski definition) is 7. The Morgan fingerprint density at radius 1 is 1.03 bits per heavy atom. The fourth-order valence-corrected chi connectivity index (χ4v) is 4.42. The summed E-state index contributed by atoms with van der Waals surface area (Å²) in [6, 6.07) is 8.04. The lowest BCUT2D eigenvalue weighted by Gasteiger charge is -2.22. The molecule has 0 bridgehead atoms. The largest absolute Gasteiger partial charge is 0.490 e. The van der Waals surface area contributed by atoms with Gasteiger partial charge >= 0.3 is 24.3 Å². The lowest BCUT2D eigenvalue weighted by molar-refractivity contribution is -0.193. The number of halogens is 6. The molecule has 0 radical (unpaired) electrons. The van der Waals surface area contributed by atoms with Crippen LogP contribution >= 0.6 is 11.3 Å². The number of aryl methyl sites for hydroxylation is 1. The number of aliphatic carboxylic acids is 2. The van der Waals surface area contributed by atoms with E-state index in [0.717, 1.165) is 38.5 Å². The van der Waals surface area contributed by atoms with Gasteiger partial charge in [0.15, 0.2) is 0 Å². The average molecular weight is 586 g/mol. The minimum Gasteiger partial charge on any atom is -0.475 e. The second-order valence-corrected chi connectivity index (χ2v) is 9.52. The molecule has 0 unspecified atom stereocenters. The summed E-state index contributed by atoms with van der Waals surface area (Å²) in [6.45, 7) is 7.03. The highest BCUT2D eigenvalue weighted by molar-refractivity contribution is 7.09. The minimum absolute atomic E-state index is 0.0639. The number of alkyl halides is 6. The third kappa shape index (κ3) is 10.4. The number of thiophene rings is 1. The molecule has 2 saturated heterocycles. The number of carboxylic acid groups (broad SMARTS) is 2. The van der Waals surface area contributed by atoms with Gasteiger partial charge in [-0.3, -0.25) is 14.7 Å². The molecule has 0 saturated carbocycles. The van der Waals surface area contributed by atoms with Crippen LogP contribution in [0.4, 0.5) is 26.3 Å². The molecule has 2 aliphatic rings. The molecule has 0 aromatic carbocycles. The first-order chi connectivity index (χ1) is 18.1. The maximum absolute atomic E-state index is 12.7. The Morgan fingerprint density at radius 2 is 1.64 bits per heavy atom. The van der Waals surface area contributed by atoms with E-state index in [0.29, 0.717) is 18.0 Å². The normalized spacial score (nSPS) is 19.5. The van der Waals surface area contributed by atoms with Gasteiger partial charge in [0.2, 0.25) is 0 Å². The quantitative estimate of drug-likeness (QED) is 0.524. The predicted octanol–water partition coefficient (Wildman–Crippen LogP) is 3.69. The topological polar surface area (TPSA) is 120 Å². The third-order valence-electron chi connectivity index (χ3n) is 5.50. The number of nitrogens with zero attached hydrogens (tertiary/aromatic N) is 3. The number of likely N-dealkylation sites (tertiary alicyclic amines) is 1. The van der Waals surface area contributed by atoms with Gasteiger partial charge in [-0.1, -0.05) is 6.07 Å². The highest BCUT2D eigenvalue weighted by atomic mass is 32.1. The summed E-state index contributed by atoms with van der Waals surface area (Å²) in [4.78, 5) is 40.5. The lowest BCUT2D eigenvalue weighted by atomic mass is 10.1. The van der Waals surface area contributed by atoms with Crippen LogP contribution in [0.1, 0.15) is 20.9 Å². The number of rotatable bonds is 3. The molecule has 16 heteroatoms. The fourth-order valence-electron chi connectivity index (χ4n) is 3.67. The standard InChI is InChI=1S/C19H23N3O2S.2C2HF3O2/c1-14-4-5-15(9-20-14)19(23)22-11-16-10-21(6-7-24-18(16)13-22)12-17-3-2-8-25-17;2*3-2(4,5)1(6)7/h2-5,8-9,16,18H,6-7,10-13H2,1H3;2*(H,6,7)/t16-,18+;;/m0../s1. The van der Waals surface area contributed by atoms with E-state index >= 15 is 0 Å². The van der Waals surface area contributed by atoms with E-state index in [9.17, 15) is 31.1 Å². The van der Waals surface area contributed by atoms with Crippen molar-refractivity contribution >= 4 is 29.2 Å². The first kappa shape index (κ1) is 32.0. The van der Waals surface area contributed by atoms with Gasteiger partial charge in [0.25, 0.3) is 5.91 Å². The number of carbonyl (C=O) groups is 3. The highest BCUT2D eigenvalue weighted by Gasteiger charge is 2.40. The first-order valence-corrected chi connectivity index (χ1v) is 12.1. The van der Waals surface area contributed by atoms with E-state index in [1.165, 1.54) is 4.88 Å². The molecule has 1 amide bonds. The summed E-state index contributed by atoms with van der Waals surface area (Å²) in [5.41, 5.74) is 1.59. The van der Waals surface area contributed by atoms with Crippen molar-refractivity contribution in [1.82, 2.24) is 14.8 Å².